The molecular weight excluding hydrogens is 328 g/mol. The Bertz CT molecular complexity index is 777. The molecule has 0 bridgehead atoms. The molecule has 2 aromatic rings. The van der Waals surface area contributed by atoms with Gasteiger partial charge in [0.2, 0.25) is 0 Å². The van der Waals surface area contributed by atoms with Gasteiger partial charge in [0.05, 0.1) is 49.9 Å². The van der Waals surface area contributed by atoms with E-state index < -0.39 is 5.60 Å². The number of hydrogen-bond acceptors (Lipinski definition) is 5. The van der Waals surface area contributed by atoms with Gasteiger partial charge in [-0.2, -0.15) is 0 Å². The average Bonchev–Trinajstić information content (AvgIpc) is 2.96. The Kier molecular flexibility index (Phi) is 3.79. The predicted octanol–water partition coefficient (Wildman–Crippen LogP) is 2.97. The molecule has 5 nitrogen and oxygen atoms in total. The monoisotopic (exact) mass is 346 g/mol. The molecule has 126 valence electrons. The van der Waals surface area contributed by atoms with Crippen LogP contribution in [0.15, 0.2) is 36.4 Å². The summed E-state index contributed by atoms with van der Waals surface area (Å²) in [6, 6.07) is 11.9. The van der Waals surface area contributed by atoms with Crippen molar-refractivity contribution < 1.29 is 14.6 Å². The quantitative estimate of drug-likeness (QED) is 0.891. The first-order valence-corrected chi connectivity index (χ1v) is 8.23. The first-order valence-electron chi connectivity index (χ1n) is 7.85. The van der Waals surface area contributed by atoms with Gasteiger partial charge in [-0.1, -0.05) is 29.8 Å². The number of nitrogens with zero attached hydrogens (tertiary/aromatic N) is 1. The smallest absolute Gasteiger partial charge is 0.138 e. The summed E-state index contributed by atoms with van der Waals surface area (Å²) in [4.78, 5) is 2.13. The molecule has 2 aliphatic rings. The van der Waals surface area contributed by atoms with Crippen LogP contribution in [0.1, 0.15) is 0 Å². The van der Waals surface area contributed by atoms with Crippen LogP contribution < -0.4 is 15.0 Å². The summed E-state index contributed by atoms with van der Waals surface area (Å²) >= 11 is 6.46. The molecule has 0 radical (unpaired) electrons. The third kappa shape index (κ3) is 2.59. The lowest BCUT2D eigenvalue weighted by Gasteiger charge is -2.39. The van der Waals surface area contributed by atoms with Gasteiger partial charge in [-0.05, 0) is 23.8 Å². The topological polar surface area (TPSA) is 54.0 Å². The molecular formula is C18H19ClN2O3. The highest BCUT2D eigenvalue weighted by molar-refractivity contribution is 6.34. The molecule has 2 aromatic carbocycles. The van der Waals surface area contributed by atoms with Crippen molar-refractivity contribution in [2.45, 2.75) is 5.60 Å². The van der Waals surface area contributed by atoms with Crippen LogP contribution in [0.2, 0.25) is 5.02 Å². The number of nitrogens with one attached hydrogen (secondary N) is 1. The van der Waals surface area contributed by atoms with E-state index in [1.54, 1.807) is 7.11 Å². The molecule has 0 atom stereocenters. The molecule has 0 amide bonds. The average molecular weight is 347 g/mol. The second kappa shape index (κ2) is 5.84. The van der Waals surface area contributed by atoms with E-state index in [9.17, 15) is 5.11 Å². The highest BCUT2D eigenvalue weighted by atomic mass is 35.5. The first kappa shape index (κ1) is 15.6. The van der Waals surface area contributed by atoms with Crippen molar-refractivity contribution >= 4 is 23.0 Å². The van der Waals surface area contributed by atoms with Gasteiger partial charge in [-0.15, -0.1) is 0 Å². The lowest BCUT2D eigenvalue weighted by molar-refractivity contribution is -0.171. The fourth-order valence-electron chi connectivity index (χ4n) is 3.19. The largest absolute Gasteiger partial charge is 0.495 e. The second-order valence-electron chi connectivity index (χ2n) is 6.30. The standard InChI is InChI=1S/C18H19ClN2O3/c1-23-16-4-2-3-13(17(16)19)12-5-6-14-15(7-12)21(11-20-14)8-18(22)9-24-10-18/h2-7,20,22H,8-11H2,1H3. The van der Waals surface area contributed by atoms with Crippen LogP contribution in [0.25, 0.3) is 11.1 Å². The number of rotatable bonds is 4. The Hall–Kier alpha value is -1.95. The number of β-amino-alcohol motifs (C(OH)–C–C–N with tert-alkyl or cyclic N) is 1. The number of hydrogen-bond donors (Lipinski definition) is 2. The molecule has 0 spiro atoms. The number of halogens is 1. The summed E-state index contributed by atoms with van der Waals surface area (Å²) in [7, 11) is 1.61. The molecule has 24 heavy (non-hydrogen) atoms. The van der Waals surface area contributed by atoms with Crippen LogP contribution in [-0.2, 0) is 4.74 Å². The van der Waals surface area contributed by atoms with Crippen LogP contribution in [0.4, 0.5) is 11.4 Å². The van der Waals surface area contributed by atoms with E-state index in [0.29, 0.717) is 37.2 Å². The zero-order valence-electron chi connectivity index (χ0n) is 13.4. The molecule has 1 fully saturated rings. The van der Waals surface area contributed by atoms with E-state index in [0.717, 1.165) is 22.5 Å². The minimum Gasteiger partial charge on any atom is -0.495 e. The molecule has 2 N–H and O–H groups in total. The summed E-state index contributed by atoms with van der Waals surface area (Å²) in [6.07, 6.45) is 0. The van der Waals surface area contributed by atoms with Crippen molar-refractivity contribution in [3.8, 4) is 16.9 Å². The van der Waals surface area contributed by atoms with Crippen LogP contribution in [0.5, 0.6) is 5.75 Å². The van der Waals surface area contributed by atoms with Crippen molar-refractivity contribution in [1.82, 2.24) is 0 Å². The van der Waals surface area contributed by atoms with Gasteiger partial charge in [0, 0.05) is 5.56 Å². The van der Waals surface area contributed by atoms with Crippen molar-refractivity contribution in [2.24, 2.45) is 0 Å². The van der Waals surface area contributed by atoms with E-state index in [1.807, 2.05) is 30.3 Å². The predicted molar refractivity (Wildman–Crippen MR) is 95.0 cm³/mol. The summed E-state index contributed by atoms with van der Waals surface area (Å²) in [5, 5.41) is 14.3. The minimum absolute atomic E-state index is 0.389. The van der Waals surface area contributed by atoms with E-state index in [2.05, 4.69) is 16.3 Å². The molecule has 0 aliphatic carbocycles. The van der Waals surface area contributed by atoms with Gasteiger partial charge in [0.15, 0.2) is 0 Å². The number of aliphatic hydroxyl groups is 1. The highest BCUT2D eigenvalue weighted by Crippen LogP contribution is 2.40. The van der Waals surface area contributed by atoms with Crippen LogP contribution in [0, 0.1) is 0 Å². The number of fused-ring (bicyclic) bond motifs is 1. The Balaban J connectivity index is 1.68. The maximum atomic E-state index is 10.4. The molecule has 0 unspecified atom stereocenters. The van der Waals surface area contributed by atoms with Gasteiger partial charge >= 0.3 is 0 Å². The molecule has 4 rings (SSSR count). The minimum atomic E-state index is -0.757. The van der Waals surface area contributed by atoms with Gasteiger partial charge in [-0.25, -0.2) is 0 Å². The van der Waals surface area contributed by atoms with E-state index in [-0.39, 0.29) is 0 Å². The molecule has 6 heteroatoms. The van der Waals surface area contributed by atoms with Gasteiger partial charge in [-0.3, -0.25) is 0 Å². The van der Waals surface area contributed by atoms with E-state index in [4.69, 9.17) is 21.1 Å². The lowest BCUT2D eigenvalue weighted by atomic mass is 10.0. The van der Waals surface area contributed by atoms with Gasteiger partial charge in [0.1, 0.15) is 11.4 Å². The zero-order chi connectivity index (χ0) is 16.7. The molecule has 0 saturated carbocycles. The maximum Gasteiger partial charge on any atom is 0.138 e. The molecule has 1 saturated heterocycles. The van der Waals surface area contributed by atoms with Crippen molar-refractivity contribution in [3.63, 3.8) is 0 Å². The molecule has 2 heterocycles. The van der Waals surface area contributed by atoms with Gasteiger partial charge < -0.3 is 24.8 Å². The fraction of sp³-hybridized carbons (Fsp3) is 0.333. The van der Waals surface area contributed by atoms with Gasteiger partial charge in [0.25, 0.3) is 0 Å². The summed E-state index contributed by atoms with van der Waals surface area (Å²) in [5.41, 5.74) is 3.31. The Morgan fingerprint density at radius 2 is 2.17 bits per heavy atom. The van der Waals surface area contributed by atoms with Crippen molar-refractivity contribution in [3.05, 3.63) is 41.4 Å². The summed E-state index contributed by atoms with van der Waals surface area (Å²) < 4.78 is 10.4. The lowest BCUT2D eigenvalue weighted by Crippen LogP contribution is -2.57. The molecule has 0 aromatic heterocycles. The highest BCUT2D eigenvalue weighted by Gasteiger charge is 2.39. The number of ether oxygens (including phenoxy) is 2. The number of benzene rings is 2. The summed E-state index contributed by atoms with van der Waals surface area (Å²) in [6.45, 7) is 2.00. The Morgan fingerprint density at radius 3 is 2.88 bits per heavy atom. The number of anilines is 2. The van der Waals surface area contributed by atoms with Crippen LogP contribution in [-0.4, -0.2) is 44.2 Å². The fourth-order valence-corrected chi connectivity index (χ4v) is 3.51. The Labute approximate surface area is 145 Å². The van der Waals surface area contributed by atoms with E-state index >= 15 is 0 Å². The normalized spacial score (nSPS) is 17.9. The van der Waals surface area contributed by atoms with Crippen LogP contribution in [0.3, 0.4) is 0 Å². The van der Waals surface area contributed by atoms with Crippen molar-refractivity contribution in [1.29, 1.82) is 0 Å². The SMILES string of the molecule is COc1cccc(-c2ccc3c(c2)N(CC2(O)COC2)CN3)c1Cl. The third-order valence-corrected chi connectivity index (χ3v) is 4.91. The summed E-state index contributed by atoms with van der Waals surface area (Å²) in [5.74, 6) is 0.658. The third-order valence-electron chi connectivity index (χ3n) is 4.52. The Morgan fingerprint density at radius 1 is 1.33 bits per heavy atom. The second-order valence-corrected chi connectivity index (χ2v) is 6.68. The van der Waals surface area contributed by atoms with E-state index in [1.165, 1.54) is 0 Å². The molecule has 2 aliphatic heterocycles. The maximum absolute atomic E-state index is 10.4. The van der Waals surface area contributed by atoms with Crippen molar-refractivity contribution in [2.75, 3.05) is 43.8 Å². The number of methoxy groups -OCH3 is 1. The first-order chi connectivity index (χ1) is 11.6. The van der Waals surface area contributed by atoms with Crippen LogP contribution >= 0.6 is 11.6 Å². The zero-order valence-corrected chi connectivity index (χ0v) is 14.1.